The van der Waals surface area contributed by atoms with Crippen molar-refractivity contribution < 1.29 is 15.3 Å². The second-order valence-electron chi connectivity index (χ2n) is 3.60. The summed E-state index contributed by atoms with van der Waals surface area (Å²) in [5.41, 5.74) is -1.06. The van der Waals surface area contributed by atoms with E-state index in [-0.39, 0.29) is 0 Å². The monoisotopic (exact) mass is 162 g/mol. The highest BCUT2D eigenvalue weighted by Crippen LogP contribution is 2.14. The average molecular weight is 162 g/mol. The van der Waals surface area contributed by atoms with Gasteiger partial charge in [-0.2, -0.15) is 0 Å². The summed E-state index contributed by atoms with van der Waals surface area (Å²) in [6.07, 6.45) is -0.212. The van der Waals surface area contributed by atoms with Crippen LogP contribution in [0, 0.1) is 0 Å². The van der Waals surface area contributed by atoms with E-state index in [1.165, 1.54) is 0 Å². The van der Waals surface area contributed by atoms with Crippen molar-refractivity contribution in [3.05, 3.63) is 0 Å². The van der Waals surface area contributed by atoms with E-state index in [1.54, 1.807) is 20.8 Å². The van der Waals surface area contributed by atoms with Crippen molar-refractivity contribution in [1.29, 1.82) is 0 Å². The second kappa shape index (κ2) is 4.04. The van der Waals surface area contributed by atoms with Gasteiger partial charge in [-0.3, -0.25) is 0 Å². The topological polar surface area (TPSA) is 60.7 Å². The Balaban J connectivity index is 3.61. The van der Waals surface area contributed by atoms with Gasteiger partial charge >= 0.3 is 0 Å². The fourth-order valence-electron chi connectivity index (χ4n) is 0.752. The van der Waals surface area contributed by atoms with Gasteiger partial charge in [-0.05, 0) is 33.6 Å². The molecule has 0 aromatic rings. The highest BCUT2D eigenvalue weighted by atomic mass is 16.3. The molecule has 0 aliphatic carbocycles. The first-order valence-electron chi connectivity index (χ1n) is 3.92. The first-order valence-corrected chi connectivity index (χ1v) is 3.92. The fraction of sp³-hybridized carbons (Fsp3) is 1.00. The molecule has 2 atom stereocenters. The van der Waals surface area contributed by atoms with E-state index in [0.29, 0.717) is 12.8 Å². The molecule has 0 saturated carbocycles. The normalized spacial score (nSPS) is 18.0. The van der Waals surface area contributed by atoms with Gasteiger partial charge in [-0.1, -0.05) is 0 Å². The third-order valence-corrected chi connectivity index (χ3v) is 1.67. The Bertz CT molecular complexity index is 104. The minimum atomic E-state index is -1.06. The summed E-state index contributed by atoms with van der Waals surface area (Å²) in [6.45, 7) is 4.77. The molecule has 0 saturated heterocycles. The molecule has 0 amide bonds. The van der Waals surface area contributed by atoms with E-state index in [9.17, 15) is 10.2 Å². The van der Waals surface area contributed by atoms with Gasteiger partial charge in [-0.25, -0.2) is 0 Å². The predicted octanol–water partition coefficient (Wildman–Crippen LogP) is 0.279. The molecule has 11 heavy (non-hydrogen) atoms. The standard InChI is InChI=1S/C8H18O3/c1-6(9)4-5-7(10)8(2,3)11/h6-7,9-11H,4-5H2,1-3H3. The number of aliphatic hydroxyl groups excluding tert-OH is 2. The highest BCUT2D eigenvalue weighted by Gasteiger charge is 2.23. The molecular weight excluding hydrogens is 144 g/mol. The molecule has 0 heterocycles. The first kappa shape index (κ1) is 10.9. The van der Waals surface area contributed by atoms with Crippen LogP contribution in [0.3, 0.4) is 0 Å². The summed E-state index contributed by atoms with van der Waals surface area (Å²) in [5, 5.41) is 27.4. The van der Waals surface area contributed by atoms with Gasteiger partial charge in [0.25, 0.3) is 0 Å². The third kappa shape index (κ3) is 5.18. The van der Waals surface area contributed by atoms with E-state index in [4.69, 9.17) is 5.11 Å². The SMILES string of the molecule is CC(O)CCC(O)C(C)(C)O. The van der Waals surface area contributed by atoms with Crippen molar-refractivity contribution in [2.24, 2.45) is 0 Å². The number of hydrogen-bond donors (Lipinski definition) is 3. The predicted molar refractivity (Wildman–Crippen MR) is 43.2 cm³/mol. The Hall–Kier alpha value is -0.120. The van der Waals surface area contributed by atoms with Gasteiger partial charge in [-0.15, -0.1) is 0 Å². The summed E-state index contributed by atoms with van der Waals surface area (Å²) < 4.78 is 0. The van der Waals surface area contributed by atoms with E-state index in [1.807, 2.05) is 0 Å². The van der Waals surface area contributed by atoms with Crippen LogP contribution in [0.25, 0.3) is 0 Å². The third-order valence-electron chi connectivity index (χ3n) is 1.67. The average Bonchev–Trinajstić information content (AvgIpc) is 1.80. The number of rotatable bonds is 4. The van der Waals surface area contributed by atoms with Gasteiger partial charge in [0.1, 0.15) is 0 Å². The summed E-state index contributed by atoms with van der Waals surface area (Å²) in [7, 11) is 0. The van der Waals surface area contributed by atoms with E-state index in [0.717, 1.165) is 0 Å². The van der Waals surface area contributed by atoms with Crippen molar-refractivity contribution in [3.63, 3.8) is 0 Å². The van der Waals surface area contributed by atoms with Crippen LogP contribution in [-0.4, -0.2) is 33.1 Å². The maximum atomic E-state index is 9.27. The van der Waals surface area contributed by atoms with Gasteiger partial charge < -0.3 is 15.3 Å². The highest BCUT2D eigenvalue weighted by molar-refractivity contribution is 4.76. The Kier molecular flexibility index (Phi) is 4.00. The molecular formula is C8H18O3. The van der Waals surface area contributed by atoms with Gasteiger partial charge in [0, 0.05) is 0 Å². The smallest absolute Gasteiger partial charge is 0.0849 e. The van der Waals surface area contributed by atoms with Crippen LogP contribution in [0.4, 0.5) is 0 Å². The van der Waals surface area contributed by atoms with Crippen molar-refractivity contribution in [3.8, 4) is 0 Å². The molecule has 3 nitrogen and oxygen atoms in total. The minimum absolute atomic E-state index is 0.410. The molecule has 68 valence electrons. The van der Waals surface area contributed by atoms with Crippen LogP contribution in [0.1, 0.15) is 33.6 Å². The van der Waals surface area contributed by atoms with Crippen molar-refractivity contribution in [2.75, 3.05) is 0 Å². The van der Waals surface area contributed by atoms with Crippen molar-refractivity contribution in [1.82, 2.24) is 0 Å². The molecule has 0 aromatic carbocycles. The van der Waals surface area contributed by atoms with Crippen LogP contribution in [-0.2, 0) is 0 Å². The Morgan fingerprint density at radius 2 is 1.64 bits per heavy atom. The summed E-state index contributed by atoms with van der Waals surface area (Å²) >= 11 is 0. The minimum Gasteiger partial charge on any atom is -0.393 e. The van der Waals surface area contributed by atoms with E-state index < -0.39 is 17.8 Å². The lowest BCUT2D eigenvalue weighted by Crippen LogP contribution is -2.36. The zero-order valence-corrected chi connectivity index (χ0v) is 7.41. The molecule has 2 unspecified atom stereocenters. The van der Waals surface area contributed by atoms with Crippen LogP contribution in [0.15, 0.2) is 0 Å². The zero-order chi connectivity index (χ0) is 9.07. The first-order chi connectivity index (χ1) is 4.84. The maximum Gasteiger partial charge on any atom is 0.0849 e. The summed E-state index contributed by atoms with van der Waals surface area (Å²) in [6, 6.07) is 0. The lowest BCUT2D eigenvalue weighted by molar-refractivity contribution is -0.0555. The fourth-order valence-corrected chi connectivity index (χ4v) is 0.752. The molecule has 0 aliphatic rings. The largest absolute Gasteiger partial charge is 0.393 e. The Morgan fingerprint density at radius 3 is 1.91 bits per heavy atom. The van der Waals surface area contributed by atoms with Crippen molar-refractivity contribution >= 4 is 0 Å². The van der Waals surface area contributed by atoms with Gasteiger partial charge in [0.05, 0.1) is 17.8 Å². The molecule has 0 aromatic heterocycles. The molecule has 0 aliphatic heterocycles. The Labute approximate surface area is 67.7 Å². The molecule has 0 spiro atoms. The molecule has 0 bridgehead atoms. The van der Waals surface area contributed by atoms with Crippen molar-refractivity contribution in [2.45, 2.75) is 51.4 Å². The maximum absolute atomic E-state index is 9.27. The quantitative estimate of drug-likeness (QED) is 0.556. The van der Waals surface area contributed by atoms with Gasteiger partial charge in [0.2, 0.25) is 0 Å². The lowest BCUT2D eigenvalue weighted by Gasteiger charge is -2.24. The molecule has 0 rings (SSSR count). The molecule has 0 fully saturated rings. The molecule has 3 heteroatoms. The van der Waals surface area contributed by atoms with Crippen LogP contribution < -0.4 is 0 Å². The molecule has 3 N–H and O–H groups in total. The lowest BCUT2D eigenvalue weighted by atomic mass is 9.97. The van der Waals surface area contributed by atoms with E-state index in [2.05, 4.69) is 0 Å². The van der Waals surface area contributed by atoms with Crippen LogP contribution >= 0.6 is 0 Å². The number of hydrogen-bond acceptors (Lipinski definition) is 3. The van der Waals surface area contributed by atoms with Crippen LogP contribution in [0.2, 0.25) is 0 Å². The molecule has 0 radical (unpaired) electrons. The summed E-state index contributed by atoms with van der Waals surface area (Å²) in [5.74, 6) is 0. The van der Waals surface area contributed by atoms with Gasteiger partial charge in [0.15, 0.2) is 0 Å². The van der Waals surface area contributed by atoms with E-state index >= 15 is 0 Å². The zero-order valence-electron chi connectivity index (χ0n) is 7.41. The summed E-state index contributed by atoms with van der Waals surface area (Å²) in [4.78, 5) is 0. The van der Waals surface area contributed by atoms with Crippen LogP contribution in [0.5, 0.6) is 0 Å². The Morgan fingerprint density at radius 1 is 1.18 bits per heavy atom. The number of aliphatic hydroxyl groups is 3. The second-order valence-corrected chi connectivity index (χ2v) is 3.60.